The molecule has 108 valence electrons. The third kappa shape index (κ3) is 4.06. The lowest BCUT2D eigenvalue weighted by molar-refractivity contribution is -0.138. The molecule has 0 saturated heterocycles. The molecule has 0 heterocycles. The van der Waals surface area contributed by atoms with Crippen LogP contribution < -0.4 is 11.5 Å². The molecule has 0 amide bonds. The standard InChI is InChI=1S/C12H15ClF4N2/c13-8-5-4-7(12(15,16)17)10(11(8)14)9(19)3-1-2-6-18/h4-5,9H,1-3,6,18-19H2/t9-/m1/s1. The van der Waals surface area contributed by atoms with Gasteiger partial charge in [-0.25, -0.2) is 4.39 Å². The smallest absolute Gasteiger partial charge is 0.330 e. The minimum Gasteiger partial charge on any atom is -0.330 e. The second kappa shape index (κ2) is 6.54. The molecule has 0 aromatic heterocycles. The van der Waals surface area contributed by atoms with E-state index >= 15 is 0 Å². The van der Waals surface area contributed by atoms with Gasteiger partial charge in [0.25, 0.3) is 0 Å². The summed E-state index contributed by atoms with van der Waals surface area (Å²) in [6.45, 7) is 0.414. The fourth-order valence-electron chi connectivity index (χ4n) is 1.83. The zero-order valence-corrected chi connectivity index (χ0v) is 10.9. The third-order valence-electron chi connectivity index (χ3n) is 2.78. The lowest BCUT2D eigenvalue weighted by Crippen LogP contribution is -2.20. The van der Waals surface area contributed by atoms with Crippen LogP contribution in [0.2, 0.25) is 5.02 Å². The van der Waals surface area contributed by atoms with Crippen LogP contribution >= 0.6 is 11.6 Å². The minimum absolute atomic E-state index is 0.220. The molecule has 2 nitrogen and oxygen atoms in total. The normalized spacial score (nSPS) is 13.6. The molecule has 4 N–H and O–H groups in total. The van der Waals surface area contributed by atoms with Crippen LogP contribution in [0.4, 0.5) is 17.6 Å². The summed E-state index contributed by atoms with van der Waals surface area (Å²) in [4.78, 5) is 0. The van der Waals surface area contributed by atoms with Crippen LogP contribution in [-0.2, 0) is 6.18 Å². The summed E-state index contributed by atoms with van der Waals surface area (Å²) in [5.74, 6) is -1.10. The summed E-state index contributed by atoms with van der Waals surface area (Å²) in [7, 11) is 0. The summed E-state index contributed by atoms with van der Waals surface area (Å²) in [5.41, 5.74) is 9.31. The van der Waals surface area contributed by atoms with Crippen molar-refractivity contribution in [2.45, 2.75) is 31.5 Å². The number of benzene rings is 1. The van der Waals surface area contributed by atoms with Crippen molar-refractivity contribution in [2.24, 2.45) is 11.5 Å². The highest BCUT2D eigenvalue weighted by atomic mass is 35.5. The number of unbranched alkanes of at least 4 members (excludes halogenated alkanes) is 1. The topological polar surface area (TPSA) is 52.0 Å². The fraction of sp³-hybridized carbons (Fsp3) is 0.500. The molecule has 0 aliphatic heterocycles. The maximum Gasteiger partial charge on any atom is 0.416 e. The van der Waals surface area contributed by atoms with Crippen molar-refractivity contribution in [1.29, 1.82) is 0 Å². The second-order valence-electron chi connectivity index (χ2n) is 4.21. The van der Waals surface area contributed by atoms with Gasteiger partial charge >= 0.3 is 6.18 Å². The van der Waals surface area contributed by atoms with E-state index < -0.39 is 29.2 Å². The highest BCUT2D eigenvalue weighted by Gasteiger charge is 2.36. The van der Waals surface area contributed by atoms with Crippen LogP contribution in [0.1, 0.15) is 36.4 Å². The molecule has 19 heavy (non-hydrogen) atoms. The second-order valence-corrected chi connectivity index (χ2v) is 4.62. The molecule has 0 radical (unpaired) electrons. The Hall–Kier alpha value is -0.850. The van der Waals surface area contributed by atoms with Crippen molar-refractivity contribution in [1.82, 2.24) is 0 Å². The summed E-state index contributed by atoms with van der Waals surface area (Å²) in [5, 5.41) is -0.364. The Morgan fingerprint density at radius 2 is 1.84 bits per heavy atom. The molecule has 0 aliphatic carbocycles. The van der Waals surface area contributed by atoms with Crippen molar-refractivity contribution in [3.05, 3.63) is 34.1 Å². The van der Waals surface area contributed by atoms with E-state index in [1.807, 2.05) is 0 Å². The van der Waals surface area contributed by atoms with Crippen LogP contribution in [0.15, 0.2) is 12.1 Å². The van der Waals surface area contributed by atoms with Gasteiger partial charge in [-0.05, 0) is 31.5 Å². The van der Waals surface area contributed by atoms with Crippen molar-refractivity contribution < 1.29 is 17.6 Å². The zero-order valence-electron chi connectivity index (χ0n) is 10.1. The van der Waals surface area contributed by atoms with Crippen molar-refractivity contribution >= 4 is 11.6 Å². The molecule has 1 aromatic rings. The van der Waals surface area contributed by atoms with Gasteiger partial charge in [0.15, 0.2) is 0 Å². The Labute approximate surface area is 113 Å². The Morgan fingerprint density at radius 3 is 2.37 bits per heavy atom. The molecule has 1 rings (SSSR count). The van der Waals surface area contributed by atoms with E-state index in [1.54, 1.807) is 0 Å². The van der Waals surface area contributed by atoms with Gasteiger partial charge in [-0.1, -0.05) is 18.0 Å². The summed E-state index contributed by atoms with van der Waals surface area (Å²) in [6, 6.07) is 0.584. The van der Waals surface area contributed by atoms with E-state index in [2.05, 4.69) is 0 Å². The van der Waals surface area contributed by atoms with Crippen molar-refractivity contribution in [3.63, 3.8) is 0 Å². The van der Waals surface area contributed by atoms with Gasteiger partial charge in [0.2, 0.25) is 0 Å². The lowest BCUT2D eigenvalue weighted by atomic mass is 9.96. The van der Waals surface area contributed by atoms with E-state index in [9.17, 15) is 17.6 Å². The first kappa shape index (κ1) is 16.2. The molecular formula is C12H15ClF4N2. The van der Waals surface area contributed by atoms with Crippen LogP contribution in [-0.4, -0.2) is 6.54 Å². The predicted octanol–water partition coefficient (Wildman–Crippen LogP) is 3.63. The monoisotopic (exact) mass is 298 g/mol. The molecule has 0 unspecified atom stereocenters. The number of nitrogens with two attached hydrogens (primary N) is 2. The summed E-state index contributed by atoms with van der Waals surface area (Å²) in [6.07, 6.45) is -3.29. The van der Waals surface area contributed by atoms with Gasteiger partial charge < -0.3 is 11.5 Å². The Bertz CT molecular complexity index is 434. The minimum atomic E-state index is -4.66. The first-order chi connectivity index (χ1) is 8.79. The molecule has 0 aliphatic rings. The van der Waals surface area contributed by atoms with E-state index in [0.29, 0.717) is 19.4 Å². The van der Waals surface area contributed by atoms with Crippen molar-refractivity contribution in [3.8, 4) is 0 Å². The van der Waals surface area contributed by atoms with E-state index in [0.717, 1.165) is 12.1 Å². The van der Waals surface area contributed by atoms with Crippen LogP contribution in [0.25, 0.3) is 0 Å². The maximum atomic E-state index is 13.8. The summed E-state index contributed by atoms with van der Waals surface area (Å²) >= 11 is 5.52. The molecule has 7 heteroatoms. The van der Waals surface area contributed by atoms with Gasteiger partial charge in [0.05, 0.1) is 10.6 Å². The number of hydrogen-bond acceptors (Lipinski definition) is 2. The highest BCUT2D eigenvalue weighted by Crippen LogP contribution is 2.38. The van der Waals surface area contributed by atoms with Gasteiger partial charge in [-0.2, -0.15) is 13.2 Å². The van der Waals surface area contributed by atoms with Crippen LogP contribution in [0.5, 0.6) is 0 Å². The average Bonchev–Trinajstić information content (AvgIpc) is 2.31. The average molecular weight is 299 g/mol. The Kier molecular flexibility index (Phi) is 5.58. The first-order valence-corrected chi connectivity index (χ1v) is 6.17. The quantitative estimate of drug-likeness (QED) is 0.644. The number of rotatable bonds is 5. The van der Waals surface area contributed by atoms with Gasteiger partial charge in [0, 0.05) is 11.6 Å². The SMILES string of the molecule is NCCCC[C@@H](N)c1c(C(F)(F)F)ccc(Cl)c1F. The molecule has 0 fully saturated rings. The molecule has 0 spiro atoms. The Morgan fingerprint density at radius 1 is 1.21 bits per heavy atom. The van der Waals surface area contributed by atoms with Gasteiger partial charge in [0.1, 0.15) is 5.82 Å². The fourth-order valence-corrected chi connectivity index (χ4v) is 1.99. The lowest BCUT2D eigenvalue weighted by Gasteiger charge is -2.19. The number of alkyl halides is 3. The first-order valence-electron chi connectivity index (χ1n) is 5.79. The zero-order chi connectivity index (χ0) is 14.6. The Balaban J connectivity index is 3.12. The van der Waals surface area contributed by atoms with Crippen LogP contribution in [0, 0.1) is 5.82 Å². The predicted molar refractivity (Wildman–Crippen MR) is 66.2 cm³/mol. The molecule has 0 bridgehead atoms. The number of hydrogen-bond donors (Lipinski definition) is 2. The van der Waals surface area contributed by atoms with Crippen molar-refractivity contribution in [2.75, 3.05) is 6.54 Å². The van der Waals surface area contributed by atoms with Gasteiger partial charge in [-0.15, -0.1) is 0 Å². The third-order valence-corrected chi connectivity index (χ3v) is 3.07. The number of halogens is 5. The molecule has 1 atom stereocenters. The largest absolute Gasteiger partial charge is 0.416 e. The summed E-state index contributed by atoms with van der Waals surface area (Å²) < 4.78 is 52.3. The highest BCUT2D eigenvalue weighted by molar-refractivity contribution is 6.30. The maximum absolute atomic E-state index is 13.8. The molecule has 0 saturated carbocycles. The molecule has 1 aromatic carbocycles. The van der Waals surface area contributed by atoms with E-state index in [1.165, 1.54) is 0 Å². The van der Waals surface area contributed by atoms with E-state index in [4.69, 9.17) is 23.1 Å². The van der Waals surface area contributed by atoms with Gasteiger partial charge in [-0.3, -0.25) is 0 Å². The molecular weight excluding hydrogens is 284 g/mol. The van der Waals surface area contributed by atoms with Crippen LogP contribution in [0.3, 0.4) is 0 Å². The van der Waals surface area contributed by atoms with E-state index in [-0.39, 0.29) is 11.4 Å².